The van der Waals surface area contributed by atoms with Crippen LogP contribution in [0.3, 0.4) is 0 Å². The van der Waals surface area contributed by atoms with Gasteiger partial charge in [0, 0.05) is 11.6 Å². The van der Waals surface area contributed by atoms with E-state index < -0.39 is 0 Å². The highest BCUT2D eigenvalue weighted by molar-refractivity contribution is 6.33. The lowest BCUT2D eigenvalue weighted by Gasteiger charge is -2.14. The molecule has 0 saturated heterocycles. The Morgan fingerprint density at radius 2 is 1.80 bits per heavy atom. The van der Waals surface area contributed by atoms with Crippen LogP contribution in [0.5, 0.6) is 0 Å². The Labute approximate surface area is 127 Å². The summed E-state index contributed by atoms with van der Waals surface area (Å²) >= 11 is 11.6. The Bertz CT molecular complexity index is 582. The fraction of sp³-hybridized carbons (Fsp3) is 0.200. The highest BCUT2D eigenvalue weighted by Crippen LogP contribution is 2.15. The van der Waals surface area contributed by atoms with E-state index in [1.165, 1.54) is 17.7 Å². The number of carbonyl (C=O) groups excluding carboxylic acids is 1. The molecule has 0 aliphatic rings. The van der Waals surface area contributed by atoms with Crippen LogP contribution < -0.4 is 5.32 Å². The normalized spacial score (nSPS) is 11.9. The Kier molecular flexibility index (Phi) is 4.99. The molecule has 1 aromatic carbocycles. The molecule has 2 rings (SSSR count). The van der Waals surface area contributed by atoms with E-state index in [1.54, 1.807) is 0 Å². The first-order chi connectivity index (χ1) is 9.54. The predicted octanol–water partition coefficient (Wildman–Crippen LogP) is 3.75. The van der Waals surface area contributed by atoms with Gasteiger partial charge in [-0.05, 0) is 31.0 Å². The number of rotatable bonds is 4. The van der Waals surface area contributed by atoms with Crippen molar-refractivity contribution in [1.29, 1.82) is 0 Å². The molecule has 5 heteroatoms. The maximum atomic E-state index is 12.1. The van der Waals surface area contributed by atoms with E-state index in [4.69, 9.17) is 23.2 Å². The number of hydrogen-bond acceptors (Lipinski definition) is 2. The van der Waals surface area contributed by atoms with Crippen molar-refractivity contribution in [3.8, 4) is 0 Å². The van der Waals surface area contributed by atoms with Gasteiger partial charge < -0.3 is 5.32 Å². The van der Waals surface area contributed by atoms with Gasteiger partial charge in [0.1, 0.15) is 10.3 Å². The van der Waals surface area contributed by atoms with Gasteiger partial charge in [0.05, 0.1) is 0 Å². The van der Waals surface area contributed by atoms with Gasteiger partial charge >= 0.3 is 0 Å². The van der Waals surface area contributed by atoms with E-state index in [2.05, 4.69) is 10.3 Å². The SMILES string of the molecule is CC(Cc1ccccc1)NC(=O)c1cc(Cl)nc(Cl)c1. The average molecular weight is 309 g/mol. The van der Waals surface area contributed by atoms with E-state index in [0.717, 1.165) is 6.42 Å². The average Bonchev–Trinajstić information content (AvgIpc) is 2.38. The maximum Gasteiger partial charge on any atom is 0.251 e. The number of aromatic nitrogens is 1. The third-order valence-corrected chi connectivity index (χ3v) is 3.17. The summed E-state index contributed by atoms with van der Waals surface area (Å²) in [4.78, 5) is 15.9. The third kappa shape index (κ3) is 4.22. The van der Waals surface area contributed by atoms with Gasteiger partial charge in [-0.1, -0.05) is 53.5 Å². The van der Waals surface area contributed by atoms with Crippen LogP contribution in [0.1, 0.15) is 22.8 Å². The van der Waals surface area contributed by atoms with Gasteiger partial charge in [-0.3, -0.25) is 4.79 Å². The molecule has 1 heterocycles. The Morgan fingerprint density at radius 1 is 1.20 bits per heavy atom. The first kappa shape index (κ1) is 14.8. The van der Waals surface area contributed by atoms with Crippen LogP contribution in [0.4, 0.5) is 0 Å². The molecule has 0 radical (unpaired) electrons. The van der Waals surface area contributed by atoms with Crippen molar-refractivity contribution in [3.05, 3.63) is 63.9 Å². The molecule has 1 N–H and O–H groups in total. The smallest absolute Gasteiger partial charge is 0.251 e. The summed E-state index contributed by atoms with van der Waals surface area (Å²) in [6.45, 7) is 1.95. The minimum absolute atomic E-state index is 0.00983. The largest absolute Gasteiger partial charge is 0.349 e. The zero-order valence-electron chi connectivity index (χ0n) is 10.9. The van der Waals surface area contributed by atoms with Gasteiger partial charge in [-0.2, -0.15) is 0 Å². The number of nitrogens with zero attached hydrogens (tertiary/aromatic N) is 1. The van der Waals surface area contributed by atoms with E-state index >= 15 is 0 Å². The lowest BCUT2D eigenvalue weighted by molar-refractivity contribution is 0.0940. The molecule has 1 atom stereocenters. The second-order valence-corrected chi connectivity index (χ2v) is 5.34. The predicted molar refractivity (Wildman–Crippen MR) is 81.3 cm³/mol. The molecule has 2 aromatic rings. The van der Waals surface area contributed by atoms with Crippen LogP contribution in [0.25, 0.3) is 0 Å². The minimum atomic E-state index is -0.209. The lowest BCUT2D eigenvalue weighted by atomic mass is 10.1. The summed E-state index contributed by atoms with van der Waals surface area (Å²) in [5, 5.41) is 3.33. The molecular formula is C15H14Cl2N2O. The van der Waals surface area contributed by atoms with Crippen LogP contribution in [0, 0.1) is 0 Å². The molecule has 0 bridgehead atoms. The Hall–Kier alpha value is -1.58. The zero-order chi connectivity index (χ0) is 14.5. The fourth-order valence-corrected chi connectivity index (χ4v) is 2.38. The van der Waals surface area contributed by atoms with Crippen LogP contribution in [0.2, 0.25) is 10.3 Å². The minimum Gasteiger partial charge on any atom is -0.349 e. The Morgan fingerprint density at radius 3 is 2.40 bits per heavy atom. The summed E-state index contributed by atoms with van der Waals surface area (Å²) < 4.78 is 0. The van der Waals surface area contributed by atoms with E-state index in [-0.39, 0.29) is 22.3 Å². The van der Waals surface area contributed by atoms with Crippen molar-refractivity contribution < 1.29 is 4.79 Å². The van der Waals surface area contributed by atoms with Crippen LogP contribution in [-0.2, 0) is 6.42 Å². The summed E-state index contributed by atoms with van der Waals surface area (Å²) in [5.41, 5.74) is 1.58. The molecule has 1 aromatic heterocycles. The zero-order valence-corrected chi connectivity index (χ0v) is 12.4. The summed E-state index contributed by atoms with van der Waals surface area (Å²) in [7, 11) is 0. The first-order valence-corrected chi connectivity index (χ1v) is 6.98. The highest BCUT2D eigenvalue weighted by Gasteiger charge is 2.12. The second-order valence-electron chi connectivity index (χ2n) is 4.57. The van der Waals surface area contributed by atoms with Gasteiger partial charge in [-0.15, -0.1) is 0 Å². The van der Waals surface area contributed by atoms with Crippen molar-refractivity contribution in [1.82, 2.24) is 10.3 Å². The Balaban J connectivity index is 2.00. The molecule has 20 heavy (non-hydrogen) atoms. The molecule has 0 aliphatic heterocycles. The maximum absolute atomic E-state index is 12.1. The summed E-state index contributed by atoms with van der Waals surface area (Å²) in [6.07, 6.45) is 0.763. The van der Waals surface area contributed by atoms with Gasteiger partial charge in [0.25, 0.3) is 5.91 Å². The standard InChI is InChI=1S/C15H14Cl2N2O/c1-10(7-11-5-3-2-4-6-11)18-15(20)12-8-13(16)19-14(17)9-12/h2-6,8-10H,7H2,1H3,(H,18,20). The first-order valence-electron chi connectivity index (χ1n) is 6.22. The molecule has 0 aliphatic carbocycles. The highest BCUT2D eigenvalue weighted by atomic mass is 35.5. The molecule has 0 fully saturated rings. The van der Waals surface area contributed by atoms with Gasteiger partial charge in [0.2, 0.25) is 0 Å². The molecule has 1 unspecified atom stereocenters. The van der Waals surface area contributed by atoms with Gasteiger partial charge in [-0.25, -0.2) is 4.98 Å². The molecule has 1 amide bonds. The van der Waals surface area contributed by atoms with Crippen molar-refractivity contribution >= 4 is 29.1 Å². The number of hydrogen-bond donors (Lipinski definition) is 1. The number of benzene rings is 1. The number of carbonyl (C=O) groups is 1. The van der Waals surface area contributed by atoms with E-state index in [9.17, 15) is 4.79 Å². The van der Waals surface area contributed by atoms with Crippen LogP contribution in [-0.4, -0.2) is 16.9 Å². The van der Waals surface area contributed by atoms with Crippen molar-refractivity contribution in [2.45, 2.75) is 19.4 Å². The van der Waals surface area contributed by atoms with Crippen LogP contribution in [0.15, 0.2) is 42.5 Å². The number of pyridine rings is 1. The second kappa shape index (κ2) is 6.73. The third-order valence-electron chi connectivity index (χ3n) is 2.79. The van der Waals surface area contributed by atoms with Crippen molar-refractivity contribution in [2.24, 2.45) is 0 Å². The molecule has 3 nitrogen and oxygen atoms in total. The molecular weight excluding hydrogens is 295 g/mol. The summed E-state index contributed by atoms with van der Waals surface area (Å²) in [5.74, 6) is -0.209. The van der Waals surface area contributed by atoms with Gasteiger partial charge in [0.15, 0.2) is 0 Å². The van der Waals surface area contributed by atoms with E-state index in [1.807, 2.05) is 37.3 Å². The monoisotopic (exact) mass is 308 g/mol. The quantitative estimate of drug-likeness (QED) is 0.874. The molecule has 104 valence electrons. The van der Waals surface area contributed by atoms with Crippen molar-refractivity contribution in [2.75, 3.05) is 0 Å². The topological polar surface area (TPSA) is 42.0 Å². The molecule has 0 spiro atoms. The molecule has 0 saturated carbocycles. The number of amides is 1. The lowest BCUT2D eigenvalue weighted by Crippen LogP contribution is -2.34. The van der Waals surface area contributed by atoms with E-state index in [0.29, 0.717) is 5.56 Å². The fourth-order valence-electron chi connectivity index (χ4n) is 1.92. The summed E-state index contributed by atoms with van der Waals surface area (Å²) in [6, 6.07) is 13.0. The number of halogens is 2. The number of nitrogens with one attached hydrogen (secondary N) is 1. The van der Waals surface area contributed by atoms with Crippen molar-refractivity contribution in [3.63, 3.8) is 0 Å². The van der Waals surface area contributed by atoms with Crippen LogP contribution >= 0.6 is 23.2 Å².